The van der Waals surface area contributed by atoms with Crippen LogP contribution in [0.5, 0.6) is 5.75 Å². The second-order valence-corrected chi connectivity index (χ2v) is 13.6. The van der Waals surface area contributed by atoms with Crippen LogP contribution in [0.2, 0.25) is 10.0 Å². The molecular formula is C35H37Cl2N3O5S. The molecule has 1 N–H and O–H groups in total. The summed E-state index contributed by atoms with van der Waals surface area (Å²) in [6.07, 6.45) is 0.895. The van der Waals surface area contributed by atoms with Crippen molar-refractivity contribution in [3.05, 3.63) is 124 Å². The zero-order valence-corrected chi connectivity index (χ0v) is 28.2. The molecule has 8 nitrogen and oxygen atoms in total. The number of nitrogens with one attached hydrogen (secondary N) is 1. The molecular weight excluding hydrogens is 645 g/mol. The van der Waals surface area contributed by atoms with Gasteiger partial charge in [-0.05, 0) is 79.1 Å². The van der Waals surface area contributed by atoms with Crippen LogP contribution in [0.1, 0.15) is 31.4 Å². The number of carbonyl (C=O) groups is 2. The van der Waals surface area contributed by atoms with Crippen molar-refractivity contribution in [3.8, 4) is 5.75 Å². The molecule has 4 aromatic carbocycles. The highest BCUT2D eigenvalue weighted by Gasteiger charge is 2.35. The molecule has 0 aliphatic rings. The first kappa shape index (κ1) is 34.8. The molecule has 0 aliphatic carbocycles. The molecule has 0 spiro atoms. The van der Waals surface area contributed by atoms with Gasteiger partial charge in [0, 0.05) is 29.1 Å². The number of anilines is 1. The highest BCUT2D eigenvalue weighted by Crippen LogP contribution is 2.28. The van der Waals surface area contributed by atoms with E-state index in [1.165, 1.54) is 42.3 Å². The third-order valence-corrected chi connectivity index (χ3v) is 9.79. The summed E-state index contributed by atoms with van der Waals surface area (Å²) in [5.74, 6) is -0.453. The Hall–Kier alpha value is -4.05. The molecule has 0 aromatic heterocycles. The lowest BCUT2D eigenvalue weighted by atomic mass is 10.0. The molecule has 2 atom stereocenters. The second-order valence-electron chi connectivity index (χ2n) is 10.8. The minimum Gasteiger partial charge on any atom is -0.497 e. The summed E-state index contributed by atoms with van der Waals surface area (Å²) in [5.41, 5.74) is 1.72. The second kappa shape index (κ2) is 16.0. The Morgan fingerprint density at radius 2 is 1.48 bits per heavy atom. The monoisotopic (exact) mass is 681 g/mol. The van der Waals surface area contributed by atoms with E-state index in [9.17, 15) is 18.0 Å². The van der Waals surface area contributed by atoms with Crippen LogP contribution >= 0.6 is 23.2 Å². The number of hydrogen-bond donors (Lipinski definition) is 1. The molecule has 0 bridgehead atoms. The van der Waals surface area contributed by atoms with E-state index in [1.54, 1.807) is 42.5 Å². The van der Waals surface area contributed by atoms with Gasteiger partial charge in [0.25, 0.3) is 10.0 Å². The normalized spacial score (nSPS) is 12.5. The zero-order chi connectivity index (χ0) is 33.3. The number of amides is 2. The van der Waals surface area contributed by atoms with Crippen LogP contribution < -0.4 is 14.4 Å². The van der Waals surface area contributed by atoms with Crippen LogP contribution in [0.15, 0.2) is 108 Å². The van der Waals surface area contributed by atoms with Gasteiger partial charge in [-0.1, -0.05) is 78.7 Å². The number of hydrogen-bond acceptors (Lipinski definition) is 5. The first-order valence-corrected chi connectivity index (χ1v) is 17.0. The Morgan fingerprint density at radius 3 is 2.09 bits per heavy atom. The van der Waals surface area contributed by atoms with Crippen molar-refractivity contribution in [2.75, 3.05) is 18.0 Å². The van der Waals surface area contributed by atoms with E-state index in [0.29, 0.717) is 27.8 Å². The van der Waals surface area contributed by atoms with Crippen LogP contribution in [0.25, 0.3) is 0 Å². The van der Waals surface area contributed by atoms with Gasteiger partial charge < -0.3 is 15.0 Å². The number of rotatable bonds is 14. The highest BCUT2D eigenvalue weighted by atomic mass is 35.5. The fourth-order valence-corrected chi connectivity index (χ4v) is 6.67. The van der Waals surface area contributed by atoms with E-state index >= 15 is 0 Å². The molecule has 0 unspecified atom stereocenters. The van der Waals surface area contributed by atoms with Crippen molar-refractivity contribution in [1.29, 1.82) is 0 Å². The van der Waals surface area contributed by atoms with Crippen LogP contribution in [0.3, 0.4) is 0 Å². The standard InChI is InChI=1S/C35H37Cl2N3O5S/c1-4-25(2)38-35(42)33(21-26-10-6-5-7-11-26)39(23-27-12-8-13-28(36)20-27)34(41)24-40(30-15-9-14-29(37)22-30)46(43,44)32-18-16-31(45-3)17-19-32/h5-20,22,25,33H,4,21,23-24H2,1-3H3,(H,38,42)/t25-,33+/m1/s1. The molecule has 4 aromatic rings. The van der Waals surface area contributed by atoms with Crippen molar-refractivity contribution in [2.24, 2.45) is 0 Å². The maximum atomic E-state index is 14.5. The Kier molecular flexibility index (Phi) is 12.1. The van der Waals surface area contributed by atoms with Crippen LogP contribution in [0.4, 0.5) is 5.69 Å². The Balaban J connectivity index is 1.81. The number of methoxy groups -OCH3 is 1. The topological polar surface area (TPSA) is 96.0 Å². The minimum absolute atomic E-state index is 0.0107. The van der Waals surface area contributed by atoms with Gasteiger partial charge in [-0.2, -0.15) is 0 Å². The molecule has 0 aliphatic heterocycles. The first-order valence-electron chi connectivity index (χ1n) is 14.8. The average Bonchev–Trinajstić information content (AvgIpc) is 3.05. The summed E-state index contributed by atoms with van der Waals surface area (Å²) in [7, 11) is -2.80. The van der Waals surface area contributed by atoms with Crippen molar-refractivity contribution in [2.45, 2.75) is 50.2 Å². The van der Waals surface area contributed by atoms with E-state index in [4.69, 9.17) is 27.9 Å². The number of benzene rings is 4. The summed E-state index contributed by atoms with van der Waals surface area (Å²) in [6, 6.07) is 27.4. The zero-order valence-electron chi connectivity index (χ0n) is 25.9. The van der Waals surface area contributed by atoms with Gasteiger partial charge in [-0.15, -0.1) is 0 Å². The third kappa shape index (κ3) is 9.02. The summed E-state index contributed by atoms with van der Waals surface area (Å²) in [4.78, 5) is 29.8. The molecule has 0 saturated heterocycles. The number of nitrogens with zero attached hydrogens (tertiary/aromatic N) is 2. The maximum absolute atomic E-state index is 14.5. The van der Waals surface area contributed by atoms with E-state index in [1.807, 2.05) is 44.2 Å². The summed E-state index contributed by atoms with van der Waals surface area (Å²) >= 11 is 12.6. The third-order valence-electron chi connectivity index (χ3n) is 7.54. The summed E-state index contributed by atoms with van der Waals surface area (Å²) in [5, 5.41) is 3.79. The Morgan fingerprint density at radius 1 is 0.848 bits per heavy atom. The van der Waals surface area contributed by atoms with Crippen molar-refractivity contribution in [1.82, 2.24) is 10.2 Å². The fraction of sp³-hybridized carbons (Fsp3) is 0.257. The summed E-state index contributed by atoms with van der Waals surface area (Å²) < 4.78 is 34.5. The highest BCUT2D eigenvalue weighted by molar-refractivity contribution is 7.92. The van der Waals surface area contributed by atoms with Crippen LogP contribution in [-0.2, 0) is 32.6 Å². The molecule has 2 amide bonds. The largest absolute Gasteiger partial charge is 0.497 e. The minimum atomic E-state index is -4.28. The molecule has 0 saturated carbocycles. The van der Waals surface area contributed by atoms with E-state index in [2.05, 4.69) is 5.32 Å². The fourth-order valence-electron chi connectivity index (χ4n) is 4.86. The van der Waals surface area contributed by atoms with Gasteiger partial charge >= 0.3 is 0 Å². The maximum Gasteiger partial charge on any atom is 0.264 e. The molecule has 242 valence electrons. The van der Waals surface area contributed by atoms with Crippen LogP contribution in [0, 0.1) is 0 Å². The number of carbonyl (C=O) groups excluding carboxylic acids is 2. The van der Waals surface area contributed by atoms with E-state index in [-0.39, 0.29) is 35.5 Å². The average molecular weight is 683 g/mol. The lowest BCUT2D eigenvalue weighted by Gasteiger charge is -2.34. The molecule has 0 fully saturated rings. The first-order chi connectivity index (χ1) is 22.0. The van der Waals surface area contributed by atoms with Gasteiger partial charge in [0.2, 0.25) is 11.8 Å². The predicted octanol–water partition coefficient (Wildman–Crippen LogP) is 6.75. The molecule has 46 heavy (non-hydrogen) atoms. The molecule has 0 radical (unpaired) electrons. The van der Waals surface area contributed by atoms with Gasteiger partial charge in [0.1, 0.15) is 18.3 Å². The van der Waals surface area contributed by atoms with Crippen molar-refractivity contribution < 1.29 is 22.7 Å². The van der Waals surface area contributed by atoms with E-state index < -0.39 is 28.5 Å². The quantitative estimate of drug-likeness (QED) is 0.159. The molecule has 11 heteroatoms. The van der Waals surface area contributed by atoms with Crippen LogP contribution in [-0.4, -0.2) is 50.9 Å². The number of ether oxygens (including phenoxy) is 1. The van der Waals surface area contributed by atoms with Gasteiger partial charge in [0.15, 0.2) is 0 Å². The molecule has 4 rings (SSSR count). The number of sulfonamides is 1. The Labute approximate surface area is 280 Å². The lowest BCUT2D eigenvalue weighted by molar-refractivity contribution is -0.140. The summed E-state index contributed by atoms with van der Waals surface area (Å²) in [6.45, 7) is 3.26. The van der Waals surface area contributed by atoms with E-state index in [0.717, 1.165) is 9.87 Å². The predicted molar refractivity (Wildman–Crippen MR) is 183 cm³/mol. The lowest BCUT2D eigenvalue weighted by Crippen LogP contribution is -2.54. The van der Waals surface area contributed by atoms with Crippen molar-refractivity contribution >= 4 is 50.7 Å². The SMILES string of the molecule is CC[C@@H](C)NC(=O)[C@H](Cc1ccccc1)N(Cc1cccc(Cl)c1)C(=O)CN(c1cccc(Cl)c1)S(=O)(=O)c1ccc(OC)cc1. The van der Waals surface area contributed by atoms with Gasteiger partial charge in [-0.25, -0.2) is 8.42 Å². The smallest absolute Gasteiger partial charge is 0.264 e. The van der Waals surface area contributed by atoms with Crippen molar-refractivity contribution in [3.63, 3.8) is 0 Å². The Bertz CT molecular complexity index is 1740. The molecule has 0 heterocycles. The van der Waals surface area contributed by atoms with Gasteiger partial charge in [-0.3, -0.25) is 13.9 Å². The number of halogens is 2. The van der Waals surface area contributed by atoms with Gasteiger partial charge in [0.05, 0.1) is 17.7 Å².